The van der Waals surface area contributed by atoms with Crippen molar-refractivity contribution in [3.8, 4) is 0 Å². The van der Waals surface area contributed by atoms with Gasteiger partial charge in [-0.25, -0.2) is 17.2 Å². The second-order valence-corrected chi connectivity index (χ2v) is 6.83. The summed E-state index contributed by atoms with van der Waals surface area (Å²) in [5.74, 6) is -1.73. The van der Waals surface area contributed by atoms with Gasteiger partial charge in [0.25, 0.3) is 0 Å². The summed E-state index contributed by atoms with van der Waals surface area (Å²) in [5, 5.41) is 3.63. The Kier molecular flexibility index (Phi) is 3.69. The molecule has 0 N–H and O–H groups in total. The summed E-state index contributed by atoms with van der Waals surface area (Å²) >= 11 is 0. The van der Waals surface area contributed by atoms with Crippen molar-refractivity contribution in [3.05, 3.63) is 41.5 Å². The second-order valence-electron chi connectivity index (χ2n) is 5.00. The molecular weight excluding hydrogens is 316 g/mol. The number of sulfonamides is 1. The molecule has 1 saturated heterocycles. The van der Waals surface area contributed by atoms with Crippen molar-refractivity contribution >= 4 is 10.0 Å². The molecule has 0 amide bonds. The summed E-state index contributed by atoms with van der Waals surface area (Å²) in [6, 6.07) is 2.24. The molecule has 1 fully saturated rings. The van der Waals surface area contributed by atoms with E-state index in [1.165, 1.54) is 0 Å². The molecule has 1 aromatic heterocycles. The zero-order valence-corrected chi connectivity index (χ0v) is 12.5. The lowest BCUT2D eigenvalue weighted by Gasteiger charge is -2.21. The van der Waals surface area contributed by atoms with Crippen LogP contribution in [0.4, 0.5) is 8.78 Å². The molecule has 2 heterocycles. The fourth-order valence-corrected chi connectivity index (χ4v) is 4.33. The van der Waals surface area contributed by atoms with Crippen LogP contribution in [0.3, 0.4) is 0 Å². The van der Waals surface area contributed by atoms with Crippen LogP contribution in [0.5, 0.6) is 0 Å². The van der Waals surface area contributed by atoms with E-state index in [4.69, 9.17) is 4.52 Å². The van der Waals surface area contributed by atoms with Crippen molar-refractivity contribution in [1.82, 2.24) is 14.4 Å². The van der Waals surface area contributed by atoms with E-state index in [9.17, 15) is 17.2 Å². The van der Waals surface area contributed by atoms with Gasteiger partial charge >= 0.3 is 0 Å². The van der Waals surface area contributed by atoms with Gasteiger partial charge in [-0.3, -0.25) is 0 Å². The minimum atomic E-state index is -4.33. The van der Waals surface area contributed by atoms with Crippen molar-refractivity contribution in [1.29, 1.82) is 0 Å². The van der Waals surface area contributed by atoms with Gasteiger partial charge in [0.05, 0.1) is 0 Å². The second kappa shape index (κ2) is 5.40. The van der Waals surface area contributed by atoms with Gasteiger partial charge in [-0.1, -0.05) is 11.2 Å². The third-order valence-electron chi connectivity index (χ3n) is 3.52. The van der Waals surface area contributed by atoms with Crippen molar-refractivity contribution in [2.24, 2.45) is 0 Å². The van der Waals surface area contributed by atoms with Crippen LogP contribution < -0.4 is 0 Å². The maximum atomic E-state index is 13.8. The van der Waals surface area contributed by atoms with E-state index >= 15 is 0 Å². The number of aryl methyl sites for hydroxylation is 1. The molecule has 1 atom stereocenters. The van der Waals surface area contributed by atoms with Crippen LogP contribution in [-0.2, 0) is 10.0 Å². The van der Waals surface area contributed by atoms with Crippen LogP contribution in [0.1, 0.15) is 30.6 Å². The average molecular weight is 329 g/mol. The molecule has 118 valence electrons. The van der Waals surface area contributed by atoms with Crippen LogP contribution in [0, 0.1) is 18.6 Å². The molecule has 1 aliphatic heterocycles. The molecule has 6 nitrogen and oxygen atoms in total. The van der Waals surface area contributed by atoms with Crippen molar-refractivity contribution in [2.45, 2.75) is 30.7 Å². The number of aromatic nitrogens is 2. The molecular formula is C13H13F2N3O3S. The molecule has 0 radical (unpaired) electrons. The molecule has 1 aliphatic rings. The van der Waals surface area contributed by atoms with Gasteiger partial charge in [0.1, 0.15) is 17.7 Å². The summed E-state index contributed by atoms with van der Waals surface area (Å²) < 4.78 is 58.9. The molecule has 2 aromatic rings. The van der Waals surface area contributed by atoms with Gasteiger partial charge < -0.3 is 4.52 Å². The molecule has 0 saturated carbocycles. The predicted molar refractivity (Wildman–Crippen MR) is 71.3 cm³/mol. The maximum absolute atomic E-state index is 13.8. The minimum Gasteiger partial charge on any atom is -0.338 e. The van der Waals surface area contributed by atoms with E-state index in [0.29, 0.717) is 18.7 Å². The summed E-state index contributed by atoms with van der Waals surface area (Å²) in [4.78, 5) is 3.08. The van der Waals surface area contributed by atoms with E-state index in [1.54, 1.807) is 6.92 Å². The minimum absolute atomic E-state index is 0.135. The number of hydrogen-bond acceptors (Lipinski definition) is 5. The lowest BCUT2D eigenvalue weighted by molar-refractivity contribution is 0.288. The Morgan fingerprint density at radius 1 is 1.32 bits per heavy atom. The van der Waals surface area contributed by atoms with E-state index in [1.807, 2.05) is 0 Å². The first-order valence-electron chi connectivity index (χ1n) is 6.67. The first-order chi connectivity index (χ1) is 10.4. The smallest absolute Gasteiger partial charge is 0.249 e. The Balaban J connectivity index is 2.05. The third-order valence-corrected chi connectivity index (χ3v) is 5.48. The van der Waals surface area contributed by atoms with Crippen LogP contribution in [-0.4, -0.2) is 29.4 Å². The normalized spacial score (nSPS) is 19.7. The fourth-order valence-electron chi connectivity index (χ4n) is 2.57. The monoisotopic (exact) mass is 329 g/mol. The number of rotatable bonds is 3. The SMILES string of the molecule is Cc1noc(C2CCCN2S(=O)(=O)c2c(F)cccc2F)n1. The van der Waals surface area contributed by atoms with Crippen molar-refractivity contribution < 1.29 is 21.7 Å². The Labute approximate surface area is 125 Å². The number of benzene rings is 1. The quantitative estimate of drug-likeness (QED) is 0.863. The van der Waals surface area contributed by atoms with E-state index in [-0.39, 0.29) is 12.4 Å². The van der Waals surface area contributed by atoms with E-state index < -0.39 is 32.6 Å². The zero-order valence-electron chi connectivity index (χ0n) is 11.7. The molecule has 3 rings (SSSR count). The fraction of sp³-hybridized carbons (Fsp3) is 0.385. The van der Waals surface area contributed by atoms with Gasteiger partial charge in [-0.2, -0.15) is 9.29 Å². The molecule has 0 aliphatic carbocycles. The molecule has 22 heavy (non-hydrogen) atoms. The lowest BCUT2D eigenvalue weighted by Crippen LogP contribution is -2.32. The third kappa shape index (κ3) is 2.40. The average Bonchev–Trinajstić information content (AvgIpc) is 3.06. The predicted octanol–water partition coefficient (Wildman–Crippen LogP) is 2.18. The van der Waals surface area contributed by atoms with Crippen LogP contribution in [0.15, 0.2) is 27.6 Å². The number of hydrogen-bond donors (Lipinski definition) is 0. The van der Waals surface area contributed by atoms with Gasteiger partial charge in [-0.05, 0) is 31.9 Å². The van der Waals surface area contributed by atoms with Crippen molar-refractivity contribution in [3.63, 3.8) is 0 Å². The zero-order chi connectivity index (χ0) is 15.9. The van der Waals surface area contributed by atoms with Gasteiger partial charge in [0.15, 0.2) is 10.7 Å². The first-order valence-corrected chi connectivity index (χ1v) is 8.11. The molecule has 1 aromatic carbocycles. The highest BCUT2D eigenvalue weighted by Crippen LogP contribution is 2.36. The molecule has 1 unspecified atom stereocenters. The topological polar surface area (TPSA) is 76.3 Å². The maximum Gasteiger partial charge on any atom is 0.249 e. The highest BCUT2D eigenvalue weighted by atomic mass is 32.2. The Morgan fingerprint density at radius 3 is 2.59 bits per heavy atom. The van der Waals surface area contributed by atoms with Gasteiger partial charge in [0.2, 0.25) is 15.9 Å². The van der Waals surface area contributed by atoms with E-state index in [2.05, 4.69) is 10.1 Å². The standard InChI is InChI=1S/C13H13F2N3O3S/c1-8-16-13(21-17-8)11-6-3-7-18(11)22(19,20)12-9(14)4-2-5-10(12)15/h2,4-5,11H,3,6-7H2,1H3. The highest BCUT2D eigenvalue weighted by Gasteiger charge is 2.41. The summed E-state index contributed by atoms with van der Waals surface area (Å²) in [7, 11) is -4.33. The van der Waals surface area contributed by atoms with Crippen molar-refractivity contribution in [2.75, 3.05) is 6.54 Å². The largest absolute Gasteiger partial charge is 0.338 e. The van der Waals surface area contributed by atoms with Crippen LogP contribution in [0.25, 0.3) is 0 Å². The lowest BCUT2D eigenvalue weighted by atomic mass is 10.2. The summed E-state index contributed by atoms with van der Waals surface area (Å²) in [5.41, 5.74) is 0. The summed E-state index contributed by atoms with van der Waals surface area (Å²) in [6.07, 6.45) is 0.998. The van der Waals surface area contributed by atoms with Gasteiger partial charge in [-0.15, -0.1) is 0 Å². The number of nitrogens with zero attached hydrogens (tertiary/aromatic N) is 3. The Hall–Kier alpha value is -1.87. The number of halogens is 2. The molecule has 0 spiro atoms. The van der Waals surface area contributed by atoms with Crippen LogP contribution >= 0.6 is 0 Å². The van der Waals surface area contributed by atoms with Crippen LogP contribution in [0.2, 0.25) is 0 Å². The highest BCUT2D eigenvalue weighted by molar-refractivity contribution is 7.89. The van der Waals surface area contributed by atoms with E-state index in [0.717, 1.165) is 22.5 Å². The molecule has 0 bridgehead atoms. The Morgan fingerprint density at radius 2 is 2.00 bits per heavy atom. The van der Waals surface area contributed by atoms with Gasteiger partial charge in [0, 0.05) is 6.54 Å². The molecule has 9 heteroatoms. The Bertz CT molecular complexity index is 786. The summed E-state index contributed by atoms with van der Waals surface area (Å²) in [6.45, 7) is 1.75. The first kappa shape index (κ1) is 15.0.